The first-order valence-electron chi connectivity index (χ1n) is 10.4. The number of aliphatic hydroxyl groups is 4. The molecule has 1 aromatic carbocycles. The normalized spacial score (nSPS) is 33.7. The number of amides is 1. The third-order valence-corrected chi connectivity index (χ3v) is 7.21. The van der Waals surface area contributed by atoms with Gasteiger partial charge in [0.25, 0.3) is 5.91 Å². The second-order valence-electron chi connectivity index (χ2n) is 9.30. The van der Waals surface area contributed by atoms with Crippen LogP contribution < -0.4 is 5.73 Å². The molecule has 1 amide bonds. The highest BCUT2D eigenvalue weighted by Gasteiger charge is 2.67. The lowest BCUT2D eigenvalue weighted by Crippen LogP contribution is -2.68. The van der Waals surface area contributed by atoms with E-state index in [2.05, 4.69) is 0 Å². The van der Waals surface area contributed by atoms with Crippen molar-refractivity contribution < 1.29 is 39.9 Å². The second kappa shape index (κ2) is 7.14. The molecule has 0 fully saturated rings. The molecule has 0 saturated heterocycles. The molecule has 0 spiro atoms. The van der Waals surface area contributed by atoms with E-state index in [4.69, 9.17) is 5.73 Å². The molecule has 6 atom stereocenters. The van der Waals surface area contributed by atoms with Crippen LogP contribution in [-0.4, -0.2) is 79.7 Å². The number of rotatable bonds is 2. The quantitative estimate of drug-likeness (QED) is 0.331. The molecule has 10 nitrogen and oxygen atoms in total. The summed E-state index contributed by atoms with van der Waals surface area (Å²) in [6.45, 7) is 3.42. The molecule has 10 heteroatoms. The van der Waals surface area contributed by atoms with Gasteiger partial charge in [-0.05, 0) is 44.1 Å². The predicted molar refractivity (Wildman–Crippen MR) is 115 cm³/mol. The highest BCUT2D eigenvalue weighted by Crippen LogP contribution is 2.55. The van der Waals surface area contributed by atoms with Crippen LogP contribution in [0, 0.1) is 18.8 Å². The number of fused-ring (bicyclic) bond motifs is 3. The summed E-state index contributed by atoms with van der Waals surface area (Å²) in [5.74, 6) is -8.85. The number of hydrogen-bond acceptors (Lipinski definition) is 9. The van der Waals surface area contributed by atoms with E-state index in [1.807, 2.05) is 0 Å². The van der Waals surface area contributed by atoms with Crippen molar-refractivity contribution in [2.75, 3.05) is 14.1 Å². The van der Waals surface area contributed by atoms with Gasteiger partial charge < -0.3 is 31.3 Å². The number of nitrogens with two attached hydrogens (primary N) is 1. The Hall–Kier alpha value is -3.21. The van der Waals surface area contributed by atoms with Gasteiger partial charge in [-0.3, -0.25) is 19.3 Å². The van der Waals surface area contributed by atoms with Crippen molar-refractivity contribution in [3.05, 3.63) is 51.5 Å². The summed E-state index contributed by atoms with van der Waals surface area (Å²) in [4.78, 5) is 40.0. The van der Waals surface area contributed by atoms with Crippen LogP contribution in [0.25, 0.3) is 0 Å². The van der Waals surface area contributed by atoms with E-state index in [-0.39, 0.29) is 11.3 Å². The summed E-state index contributed by atoms with van der Waals surface area (Å²) < 4.78 is 0. The molecule has 0 aliphatic heterocycles. The summed E-state index contributed by atoms with van der Waals surface area (Å²) in [5.41, 5.74) is 2.08. The van der Waals surface area contributed by atoms with Crippen LogP contribution in [0.1, 0.15) is 34.3 Å². The first-order valence-corrected chi connectivity index (χ1v) is 10.4. The number of primary amides is 1. The fourth-order valence-electron chi connectivity index (χ4n) is 5.80. The van der Waals surface area contributed by atoms with Crippen molar-refractivity contribution in [2.45, 2.75) is 37.5 Å². The second-order valence-corrected chi connectivity index (χ2v) is 9.30. The number of phenolic OH excluding ortho intramolecular Hbond substituents is 1. The zero-order valence-electron chi connectivity index (χ0n) is 18.5. The number of likely N-dealkylation sites (N-methyl/N-ethyl adjacent to an activating group) is 1. The Balaban J connectivity index is 2.06. The lowest BCUT2D eigenvalue weighted by Gasteiger charge is -2.53. The minimum absolute atomic E-state index is 0.0962. The van der Waals surface area contributed by atoms with Crippen LogP contribution >= 0.6 is 0 Å². The molecule has 7 N–H and O–H groups in total. The monoisotopic (exact) mass is 458 g/mol. The van der Waals surface area contributed by atoms with E-state index < -0.39 is 75.6 Å². The van der Waals surface area contributed by atoms with Crippen molar-refractivity contribution in [1.29, 1.82) is 0 Å². The fourth-order valence-corrected chi connectivity index (χ4v) is 5.80. The van der Waals surface area contributed by atoms with Crippen LogP contribution in [0.5, 0.6) is 5.75 Å². The number of carbonyl (C=O) groups is 3. The van der Waals surface area contributed by atoms with Gasteiger partial charge in [0.05, 0.1) is 23.6 Å². The molecule has 0 heterocycles. The predicted octanol–water partition coefficient (Wildman–Crippen LogP) is -0.0392. The third-order valence-electron chi connectivity index (χ3n) is 7.21. The van der Waals surface area contributed by atoms with Crippen LogP contribution in [0.3, 0.4) is 0 Å². The topological polar surface area (TPSA) is 182 Å². The fraction of sp³-hybridized carbons (Fsp3) is 0.435. The lowest BCUT2D eigenvalue weighted by molar-refractivity contribution is -0.162. The molecule has 0 radical (unpaired) electrons. The van der Waals surface area contributed by atoms with E-state index >= 15 is 0 Å². The maximum atomic E-state index is 13.4. The largest absolute Gasteiger partial charge is 0.510 e. The van der Waals surface area contributed by atoms with Crippen LogP contribution in [0.4, 0.5) is 0 Å². The van der Waals surface area contributed by atoms with Crippen LogP contribution in [0.2, 0.25) is 0 Å². The Morgan fingerprint density at radius 1 is 1.15 bits per heavy atom. The highest BCUT2D eigenvalue weighted by molar-refractivity contribution is 6.25. The lowest BCUT2D eigenvalue weighted by atomic mass is 9.55. The average Bonchev–Trinajstić information content (AvgIpc) is 2.70. The molecule has 0 bridgehead atoms. The Kier molecular flexibility index (Phi) is 4.97. The van der Waals surface area contributed by atoms with Gasteiger partial charge in [0.1, 0.15) is 22.8 Å². The van der Waals surface area contributed by atoms with E-state index in [1.165, 1.54) is 25.1 Å². The average molecular weight is 458 g/mol. The van der Waals surface area contributed by atoms with Gasteiger partial charge in [0, 0.05) is 11.5 Å². The molecule has 3 aliphatic carbocycles. The van der Waals surface area contributed by atoms with Gasteiger partial charge >= 0.3 is 0 Å². The van der Waals surface area contributed by atoms with Gasteiger partial charge in [-0.2, -0.15) is 0 Å². The van der Waals surface area contributed by atoms with Gasteiger partial charge in [-0.25, -0.2) is 0 Å². The molecule has 0 saturated carbocycles. The zero-order chi connectivity index (χ0) is 24.7. The molecule has 33 heavy (non-hydrogen) atoms. The molecule has 6 unspecified atom stereocenters. The minimum atomic E-state index is -2.90. The van der Waals surface area contributed by atoms with Gasteiger partial charge in [-0.15, -0.1) is 0 Å². The first kappa shape index (κ1) is 23.0. The Labute approximate surface area is 189 Å². The standard InChI is InChI=1S/C23H26N2O8/c1-7-5-9-8(2)11-13(17(27)12(9)10(26)6-7)20(30)23(33)15(18(11)28)16(25(3)4)19(29)14(21(23)31)22(24)32/h5-6,8,11,15-16,18,26,28-30,33H,1-4H3,(H2,24,32). The van der Waals surface area contributed by atoms with Crippen molar-refractivity contribution in [3.8, 4) is 5.75 Å². The molecule has 176 valence electrons. The third kappa shape index (κ3) is 2.74. The number of nitrogens with zero attached hydrogens (tertiary/aromatic N) is 1. The molecule has 4 rings (SSSR count). The van der Waals surface area contributed by atoms with Gasteiger partial charge in [0.2, 0.25) is 5.78 Å². The number of aromatic hydroxyl groups is 1. The number of aryl methyl sites for hydroxylation is 1. The van der Waals surface area contributed by atoms with E-state index in [9.17, 15) is 39.9 Å². The zero-order valence-corrected chi connectivity index (χ0v) is 18.5. The van der Waals surface area contributed by atoms with Crippen molar-refractivity contribution in [2.24, 2.45) is 17.6 Å². The maximum Gasteiger partial charge on any atom is 0.255 e. The number of phenols is 1. The molecule has 0 aromatic heterocycles. The number of ketones is 2. The smallest absolute Gasteiger partial charge is 0.255 e. The van der Waals surface area contributed by atoms with Crippen molar-refractivity contribution >= 4 is 17.5 Å². The summed E-state index contributed by atoms with van der Waals surface area (Å²) in [6, 6.07) is 1.79. The molecule has 1 aromatic rings. The number of Topliss-reactive ketones (excluding diaryl/α,β-unsaturated/α-hetero) is 2. The number of carbonyl (C=O) groups excluding carboxylic acids is 3. The number of hydrogen-bond donors (Lipinski definition) is 6. The van der Waals surface area contributed by atoms with Gasteiger partial charge in [0.15, 0.2) is 11.4 Å². The highest BCUT2D eigenvalue weighted by atomic mass is 16.4. The summed E-state index contributed by atoms with van der Waals surface area (Å²) in [5, 5.41) is 55.4. The maximum absolute atomic E-state index is 13.4. The number of benzene rings is 1. The van der Waals surface area contributed by atoms with Crippen molar-refractivity contribution in [1.82, 2.24) is 4.90 Å². The van der Waals surface area contributed by atoms with Crippen molar-refractivity contribution in [3.63, 3.8) is 0 Å². The van der Waals surface area contributed by atoms with Crippen LogP contribution in [0.15, 0.2) is 34.8 Å². The Morgan fingerprint density at radius 3 is 2.30 bits per heavy atom. The summed E-state index contributed by atoms with van der Waals surface area (Å²) >= 11 is 0. The number of aliphatic hydroxyl groups excluding tert-OH is 3. The minimum Gasteiger partial charge on any atom is -0.510 e. The molecular weight excluding hydrogens is 432 g/mol. The Morgan fingerprint density at radius 2 is 1.76 bits per heavy atom. The van der Waals surface area contributed by atoms with E-state index in [1.54, 1.807) is 19.9 Å². The summed E-state index contributed by atoms with van der Waals surface area (Å²) in [6.07, 6.45) is -1.59. The van der Waals surface area contributed by atoms with Gasteiger partial charge in [-0.1, -0.05) is 13.0 Å². The molecule has 3 aliphatic rings. The van der Waals surface area contributed by atoms with Crippen LogP contribution in [-0.2, 0) is 9.59 Å². The van der Waals surface area contributed by atoms with E-state index in [0.29, 0.717) is 11.1 Å². The van der Waals surface area contributed by atoms with E-state index in [0.717, 1.165) is 0 Å². The Bertz CT molecular complexity index is 1180. The summed E-state index contributed by atoms with van der Waals surface area (Å²) in [7, 11) is 2.98. The SMILES string of the molecule is Cc1cc(O)c2c(c1)C(C)C1C(=C(O)C3(O)C(=O)C(C(N)=O)=C(O)C(N(C)C)C3C1O)C2=O. The first-order chi connectivity index (χ1) is 15.3. The molecular formula is C23H26N2O8.